The summed E-state index contributed by atoms with van der Waals surface area (Å²) in [4.78, 5) is 29.4. The lowest BCUT2D eigenvalue weighted by Crippen LogP contribution is -2.07. The van der Waals surface area contributed by atoms with Crippen molar-refractivity contribution < 1.29 is 14.4 Å². The molecule has 2 aromatic carbocycles. The monoisotopic (exact) mass is 283 g/mol. The van der Waals surface area contributed by atoms with E-state index in [0.717, 1.165) is 4.90 Å². The molecule has 0 unspecified atom stereocenters. The first kappa shape index (κ1) is 12.6. The van der Waals surface area contributed by atoms with Crippen LogP contribution in [0.1, 0.15) is 20.7 Å². The van der Waals surface area contributed by atoms with Crippen molar-refractivity contribution in [3.63, 3.8) is 0 Å². The third-order valence-electron chi connectivity index (χ3n) is 2.75. The Hall–Kier alpha value is -2.40. The number of hydrogen-bond acceptors (Lipinski definition) is 5. The van der Waals surface area contributed by atoms with E-state index in [4.69, 9.17) is 4.84 Å². The van der Waals surface area contributed by atoms with Crippen LogP contribution in [0.4, 0.5) is 0 Å². The maximum absolute atomic E-state index is 12.0. The van der Waals surface area contributed by atoms with Gasteiger partial charge < -0.3 is 4.84 Å². The highest BCUT2D eigenvalue weighted by molar-refractivity contribution is 8.16. The van der Waals surface area contributed by atoms with E-state index in [2.05, 4.69) is 5.16 Å². The molecule has 0 fully saturated rings. The summed E-state index contributed by atoms with van der Waals surface area (Å²) in [6.45, 7) is 0. The summed E-state index contributed by atoms with van der Waals surface area (Å²) in [7, 11) is 0. The number of Topliss-reactive ketones (excluding diaryl/α,β-unsaturated/α-hetero) is 1. The molecule has 2 aromatic rings. The first-order chi connectivity index (χ1) is 9.75. The molecule has 0 amide bonds. The zero-order chi connectivity index (χ0) is 13.9. The van der Waals surface area contributed by atoms with Gasteiger partial charge in [-0.3, -0.25) is 4.79 Å². The summed E-state index contributed by atoms with van der Waals surface area (Å²) in [5, 5.41) is 3.85. The first-order valence-corrected chi connectivity index (χ1v) is 6.73. The summed E-state index contributed by atoms with van der Waals surface area (Å²) in [6.07, 6.45) is 0. The van der Waals surface area contributed by atoms with E-state index in [1.54, 1.807) is 42.5 Å². The minimum absolute atomic E-state index is 0.176. The molecule has 1 heterocycles. The Balaban J connectivity index is 1.76. The van der Waals surface area contributed by atoms with Gasteiger partial charge in [0.1, 0.15) is 0 Å². The summed E-state index contributed by atoms with van der Waals surface area (Å²) >= 11 is 1.20. The zero-order valence-electron chi connectivity index (χ0n) is 10.3. The van der Waals surface area contributed by atoms with Crippen molar-refractivity contribution in [2.75, 3.05) is 0 Å². The van der Waals surface area contributed by atoms with Gasteiger partial charge in [0, 0.05) is 10.5 Å². The van der Waals surface area contributed by atoms with Gasteiger partial charge >= 0.3 is 5.97 Å². The molecule has 1 aliphatic rings. The predicted octanol–water partition coefficient (Wildman–Crippen LogP) is 3.15. The number of carbonyl (C=O) groups excluding carboxylic acids is 2. The first-order valence-electron chi connectivity index (χ1n) is 5.91. The van der Waals surface area contributed by atoms with Gasteiger partial charge in [-0.2, -0.15) is 0 Å². The van der Waals surface area contributed by atoms with Crippen LogP contribution in [-0.2, 0) is 4.84 Å². The number of rotatable bonds is 2. The van der Waals surface area contributed by atoms with Crippen LogP contribution in [0.5, 0.6) is 0 Å². The normalized spacial score (nSPS) is 15.2. The van der Waals surface area contributed by atoms with Crippen LogP contribution in [0, 0.1) is 0 Å². The lowest BCUT2D eigenvalue weighted by molar-refractivity contribution is 0.0517. The molecular weight excluding hydrogens is 274 g/mol. The van der Waals surface area contributed by atoms with Gasteiger partial charge in [-0.05, 0) is 24.3 Å². The molecule has 0 spiro atoms. The van der Waals surface area contributed by atoms with Crippen molar-refractivity contribution in [2.24, 2.45) is 5.16 Å². The molecular formula is C15H9NO3S. The lowest BCUT2D eigenvalue weighted by Gasteiger charge is -1.97. The molecule has 0 bridgehead atoms. The molecule has 3 rings (SSSR count). The Bertz CT molecular complexity index is 710. The summed E-state index contributed by atoms with van der Waals surface area (Å²) in [5.41, 5.74) is 0.983. The quantitative estimate of drug-likeness (QED) is 0.627. The fraction of sp³-hybridized carbons (Fsp3) is 0. The van der Waals surface area contributed by atoms with Crippen LogP contribution in [0.2, 0.25) is 0 Å². The fourth-order valence-electron chi connectivity index (χ4n) is 1.78. The summed E-state index contributed by atoms with van der Waals surface area (Å²) in [6, 6.07) is 15.7. The third-order valence-corrected chi connectivity index (χ3v) is 3.78. The Morgan fingerprint density at radius 3 is 2.45 bits per heavy atom. The molecule has 4 nitrogen and oxygen atoms in total. The Morgan fingerprint density at radius 1 is 1.00 bits per heavy atom. The smallest absolute Gasteiger partial charge is 0.312 e. The van der Waals surface area contributed by atoms with Gasteiger partial charge in [0.05, 0.1) is 5.56 Å². The lowest BCUT2D eigenvalue weighted by atomic mass is 10.1. The van der Waals surface area contributed by atoms with Gasteiger partial charge in [-0.25, -0.2) is 4.79 Å². The molecule has 0 atom stereocenters. The second-order valence-corrected chi connectivity index (χ2v) is 5.10. The van der Waals surface area contributed by atoms with Crippen molar-refractivity contribution in [2.45, 2.75) is 4.90 Å². The predicted molar refractivity (Wildman–Crippen MR) is 75.9 cm³/mol. The van der Waals surface area contributed by atoms with E-state index in [1.165, 1.54) is 11.8 Å². The Kier molecular flexibility index (Phi) is 3.35. The molecule has 0 aromatic heterocycles. The van der Waals surface area contributed by atoms with E-state index in [-0.39, 0.29) is 10.8 Å². The fourth-order valence-corrected chi connectivity index (χ4v) is 2.68. The number of carbonyl (C=O) groups is 2. The number of fused-ring (bicyclic) bond motifs is 1. The van der Waals surface area contributed by atoms with E-state index < -0.39 is 5.97 Å². The average molecular weight is 283 g/mol. The molecule has 0 aliphatic carbocycles. The molecule has 0 saturated carbocycles. The SMILES string of the molecule is O=C(ON=C1Sc2ccccc2C1=O)c1ccccc1. The van der Waals surface area contributed by atoms with Gasteiger partial charge in [0.25, 0.3) is 0 Å². The van der Waals surface area contributed by atoms with Crippen LogP contribution in [0.3, 0.4) is 0 Å². The summed E-state index contributed by atoms with van der Waals surface area (Å²) < 4.78 is 0. The van der Waals surface area contributed by atoms with Crippen LogP contribution >= 0.6 is 11.8 Å². The highest BCUT2D eigenvalue weighted by Gasteiger charge is 2.28. The average Bonchev–Trinajstić information content (AvgIpc) is 2.83. The van der Waals surface area contributed by atoms with E-state index in [0.29, 0.717) is 11.1 Å². The van der Waals surface area contributed by atoms with Crippen LogP contribution in [0.25, 0.3) is 0 Å². The number of oxime groups is 1. The van der Waals surface area contributed by atoms with Crippen molar-refractivity contribution in [1.82, 2.24) is 0 Å². The maximum Gasteiger partial charge on any atom is 0.365 e. The highest BCUT2D eigenvalue weighted by Crippen LogP contribution is 2.33. The topological polar surface area (TPSA) is 55.7 Å². The number of ketones is 1. The minimum Gasteiger partial charge on any atom is -0.312 e. The number of thioether (sulfide) groups is 1. The van der Waals surface area contributed by atoms with Crippen LogP contribution < -0.4 is 0 Å². The maximum atomic E-state index is 12.0. The van der Waals surface area contributed by atoms with E-state index in [1.807, 2.05) is 12.1 Å². The largest absolute Gasteiger partial charge is 0.365 e. The van der Waals surface area contributed by atoms with E-state index in [9.17, 15) is 9.59 Å². The molecule has 0 N–H and O–H groups in total. The third kappa shape index (κ3) is 2.35. The van der Waals surface area contributed by atoms with Crippen LogP contribution in [-0.4, -0.2) is 16.8 Å². The minimum atomic E-state index is -0.581. The zero-order valence-corrected chi connectivity index (χ0v) is 11.1. The second-order valence-electron chi connectivity index (χ2n) is 4.07. The second kappa shape index (κ2) is 5.30. The molecule has 1 aliphatic heterocycles. The molecule has 0 saturated heterocycles. The van der Waals surface area contributed by atoms with Crippen molar-refractivity contribution in [3.05, 3.63) is 65.7 Å². The molecule has 0 radical (unpaired) electrons. The van der Waals surface area contributed by atoms with Gasteiger partial charge in [0.15, 0.2) is 5.04 Å². The van der Waals surface area contributed by atoms with Crippen LogP contribution in [0.15, 0.2) is 64.6 Å². The van der Waals surface area contributed by atoms with Gasteiger partial charge in [-0.15, -0.1) is 0 Å². The molecule has 98 valence electrons. The number of hydrogen-bond donors (Lipinski definition) is 0. The van der Waals surface area contributed by atoms with E-state index >= 15 is 0 Å². The van der Waals surface area contributed by atoms with Crippen molar-refractivity contribution >= 4 is 28.6 Å². The Labute approximate surface area is 119 Å². The number of benzene rings is 2. The molecule has 5 heteroatoms. The Morgan fingerprint density at radius 2 is 1.70 bits per heavy atom. The van der Waals surface area contributed by atoms with Crippen molar-refractivity contribution in [3.8, 4) is 0 Å². The highest BCUT2D eigenvalue weighted by atomic mass is 32.2. The molecule has 20 heavy (non-hydrogen) atoms. The standard InChI is InChI=1S/C15H9NO3S/c17-13-11-8-4-5-9-12(11)20-14(13)16-19-15(18)10-6-2-1-3-7-10/h1-9H. The van der Waals surface area contributed by atoms with Gasteiger partial charge in [0.2, 0.25) is 5.78 Å². The number of nitrogens with zero attached hydrogens (tertiary/aromatic N) is 1. The van der Waals surface area contributed by atoms with Gasteiger partial charge in [-0.1, -0.05) is 47.2 Å². The summed E-state index contributed by atoms with van der Waals surface area (Å²) in [5.74, 6) is -0.797. The van der Waals surface area contributed by atoms with Crippen molar-refractivity contribution in [1.29, 1.82) is 0 Å².